The highest BCUT2D eigenvalue weighted by Crippen LogP contribution is 2.28. The number of allylic oxidation sites excluding steroid dienone is 4. The Morgan fingerprint density at radius 3 is 2.43 bits per heavy atom. The molecule has 23 heavy (non-hydrogen) atoms. The summed E-state index contributed by atoms with van der Waals surface area (Å²) in [6, 6.07) is 0.0551. The summed E-state index contributed by atoms with van der Waals surface area (Å²) in [6.45, 7) is 5.11. The minimum atomic E-state index is -4.49. The van der Waals surface area contributed by atoms with Crippen molar-refractivity contribution in [3.8, 4) is 0 Å². The van der Waals surface area contributed by atoms with Crippen LogP contribution >= 0.6 is 0 Å². The minimum absolute atomic E-state index is 0.0551. The predicted octanol–water partition coefficient (Wildman–Crippen LogP) is 4.14. The van der Waals surface area contributed by atoms with Crippen molar-refractivity contribution < 1.29 is 13.2 Å². The molecule has 0 atom stereocenters. The van der Waals surface area contributed by atoms with Gasteiger partial charge in [0.25, 0.3) is 0 Å². The summed E-state index contributed by atoms with van der Waals surface area (Å²) >= 11 is 0. The van der Waals surface area contributed by atoms with Crippen LogP contribution in [0.2, 0.25) is 0 Å². The third-order valence-electron chi connectivity index (χ3n) is 3.22. The van der Waals surface area contributed by atoms with Crippen LogP contribution in [0.1, 0.15) is 45.9 Å². The number of nitrogens with zero attached hydrogens (tertiary/aromatic N) is 3. The lowest BCUT2D eigenvalue weighted by Crippen LogP contribution is -2.21. The number of rotatable bonds is 5. The summed E-state index contributed by atoms with van der Waals surface area (Å²) in [5.74, 6) is 0.565. The van der Waals surface area contributed by atoms with E-state index in [9.17, 15) is 13.2 Å². The minimum Gasteiger partial charge on any atom is -0.352 e. The highest BCUT2D eigenvalue weighted by molar-refractivity contribution is 5.63. The Balaban J connectivity index is 2.35. The molecule has 0 saturated carbocycles. The van der Waals surface area contributed by atoms with Crippen molar-refractivity contribution in [1.82, 2.24) is 15.0 Å². The Hall–Kier alpha value is -2.12. The van der Waals surface area contributed by atoms with Gasteiger partial charge >= 0.3 is 6.18 Å². The Bertz CT molecular complexity index is 620. The zero-order chi connectivity index (χ0) is 17.0. The van der Waals surface area contributed by atoms with Crippen LogP contribution in [0.5, 0.6) is 0 Å². The number of alkyl halides is 3. The number of nitrogens with one attached hydrogen (secondary N) is 2. The summed E-state index contributed by atoms with van der Waals surface area (Å²) in [4.78, 5) is 12.5. The Morgan fingerprint density at radius 2 is 1.91 bits per heavy atom. The second kappa shape index (κ2) is 6.97. The quantitative estimate of drug-likeness (QED) is 0.851. The normalized spacial score (nSPS) is 15.8. The van der Waals surface area contributed by atoms with Gasteiger partial charge in [-0.15, -0.1) is 0 Å². The van der Waals surface area contributed by atoms with Crippen LogP contribution in [0.4, 0.5) is 25.1 Å². The fourth-order valence-electron chi connectivity index (χ4n) is 2.20. The molecule has 1 aliphatic rings. The van der Waals surface area contributed by atoms with E-state index in [-0.39, 0.29) is 17.9 Å². The van der Waals surface area contributed by atoms with Gasteiger partial charge in [-0.25, -0.2) is 0 Å². The van der Waals surface area contributed by atoms with Gasteiger partial charge < -0.3 is 10.6 Å². The fraction of sp³-hybridized carbons (Fsp3) is 0.533. The molecule has 0 aromatic carbocycles. The lowest BCUT2D eigenvalue weighted by atomic mass is 10.2. The molecule has 0 saturated heterocycles. The molecule has 2 N–H and O–H groups in total. The number of anilines is 2. The fourth-order valence-corrected chi connectivity index (χ4v) is 2.20. The van der Waals surface area contributed by atoms with Crippen LogP contribution in [-0.2, 0) is 0 Å². The van der Waals surface area contributed by atoms with Crippen molar-refractivity contribution in [3.05, 3.63) is 23.7 Å². The Labute approximate surface area is 133 Å². The lowest BCUT2D eigenvalue weighted by molar-refractivity contribution is -0.0904. The maximum absolute atomic E-state index is 12.9. The maximum Gasteiger partial charge on any atom is 0.431 e. The number of aromatic nitrogens is 3. The van der Waals surface area contributed by atoms with E-state index in [1.807, 2.05) is 19.9 Å². The standard InChI is InChI=1S/C15H20F3N5/c1-4-11(15(16,17)18)20-14-22-12(10-7-5-6-8-10)21-13(23-14)19-9(2)3/h4,7,9H,5-6,8H2,1-3H3,(H2,19,20,21,22,23). The molecule has 0 spiro atoms. The van der Waals surface area contributed by atoms with Gasteiger partial charge in [-0.05, 0) is 45.6 Å². The van der Waals surface area contributed by atoms with E-state index < -0.39 is 11.9 Å². The van der Waals surface area contributed by atoms with Gasteiger partial charge in [0.2, 0.25) is 11.9 Å². The van der Waals surface area contributed by atoms with Crippen molar-refractivity contribution in [2.75, 3.05) is 10.6 Å². The monoisotopic (exact) mass is 327 g/mol. The van der Waals surface area contributed by atoms with E-state index in [1.54, 1.807) is 0 Å². The molecule has 1 heterocycles. The summed E-state index contributed by atoms with van der Waals surface area (Å²) in [7, 11) is 0. The highest BCUT2D eigenvalue weighted by atomic mass is 19.4. The Morgan fingerprint density at radius 1 is 1.22 bits per heavy atom. The molecule has 1 aromatic rings. The van der Waals surface area contributed by atoms with Crippen LogP contribution in [0.15, 0.2) is 17.8 Å². The molecule has 0 unspecified atom stereocenters. The van der Waals surface area contributed by atoms with Crippen LogP contribution in [-0.4, -0.2) is 27.2 Å². The van der Waals surface area contributed by atoms with E-state index >= 15 is 0 Å². The largest absolute Gasteiger partial charge is 0.431 e. The highest BCUT2D eigenvalue weighted by Gasteiger charge is 2.34. The molecule has 0 aliphatic heterocycles. The molecular formula is C15H20F3N5. The van der Waals surface area contributed by atoms with E-state index in [0.717, 1.165) is 30.9 Å². The zero-order valence-electron chi connectivity index (χ0n) is 13.3. The smallest absolute Gasteiger partial charge is 0.352 e. The number of hydrogen-bond acceptors (Lipinski definition) is 5. The van der Waals surface area contributed by atoms with Crippen LogP contribution < -0.4 is 10.6 Å². The van der Waals surface area contributed by atoms with Crippen LogP contribution in [0.25, 0.3) is 5.57 Å². The van der Waals surface area contributed by atoms with Crippen molar-refractivity contribution in [2.45, 2.75) is 52.3 Å². The van der Waals surface area contributed by atoms with Gasteiger partial charge in [-0.1, -0.05) is 12.2 Å². The molecule has 126 valence electrons. The third-order valence-corrected chi connectivity index (χ3v) is 3.22. The van der Waals surface area contributed by atoms with Crippen molar-refractivity contribution in [2.24, 2.45) is 0 Å². The van der Waals surface area contributed by atoms with Crippen molar-refractivity contribution >= 4 is 17.5 Å². The van der Waals surface area contributed by atoms with Gasteiger partial charge in [0.15, 0.2) is 5.82 Å². The molecule has 1 aliphatic carbocycles. The summed E-state index contributed by atoms with van der Waals surface area (Å²) in [5, 5.41) is 5.26. The van der Waals surface area contributed by atoms with Gasteiger partial charge in [0.05, 0.1) is 0 Å². The first-order valence-corrected chi connectivity index (χ1v) is 7.52. The average Bonchev–Trinajstić information content (AvgIpc) is 2.96. The molecule has 0 fully saturated rings. The summed E-state index contributed by atoms with van der Waals surface area (Å²) in [5.41, 5.74) is 0.0434. The zero-order valence-corrected chi connectivity index (χ0v) is 13.3. The van der Waals surface area contributed by atoms with Gasteiger partial charge in [0.1, 0.15) is 5.70 Å². The van der Waals surface area contributed by atoms with E-state index in [2.05, 4.69) is 25.6 Å². The average molecular weight is 327 g/mol. The second-order valence-corrected chi connectivity index (χ2v) is 5.55. The molecule has 0 bridgehead atoms. The van der Waals surface area contributed by atoms with Gasteiger partial charge in [-0.2, -0.15) is 28.1 Å². The van der Waals surface area contributed by atoms with Crippen molar-refractivity contribution in [3.63, 3.8) is 0 Å². The molecule has 2 rings (SSSR count). The lowest BCUT2D eigenvalue weighted by Gasteiger charge is -2.15. The number of hydrogen-bond donors (Lipinski definition) is 2. The van der Waals surface area contributed by atoms with Crippen LogP contribution in [0, 0.1) is 0 Å². The SMILES string of the molecule is CC=C(Nc1nc(NC(C)C)nc(C2=CCCC2)n1)C(F)(F)F. The van der Waals surface area contributed by atoms with Gasteiger partial charge in [0, 0.05) is 6.04 Å². The maximum atomic E-state index is 12.9. The molecule has 0 amide bonds. The predicted molar refractivity (Wildman–Crippen MR) is 83.8 cm³/mol. The summed E-state index contributed by atoms with van der Waals surface area (Å²) in [6.07, 6.45) is 1.23. The van der Waals surface area contributed by atoms with E-state index in [4.69, 9.17) is 0 Å². The van der Waals surface area contributed by atoms with Crippen molar-refractivity contribution in [1.29, 1.82) is 0 Å². The molecule has 1 aromatic heterocycles. The van der Waals surface area contributed by atoms with Crippen LogP contribution in [0.3, 0.4) is 0 Å². The molecule has 0 radical (unpaired) electrons. The van der Waals surface area contributed by atoms with E-state index in [1.165, 1.54) is 6.92 Å². The molecule has 8 heteroatoms. The Kier molecular flexibility index (Phi) is 5.23. The first-order valence-electron chi connectivity index (χ1n) is 7.52. The van der Waals surface area contributed by atoms with Gasteiger partial charge in [-0.3, -0.25) is 0 Å². The second-order valence-electron chi connectivity index (χ2n) is 5.55. The first-order chi connectivity index (χ1) is 10.8. The molecule has 5 nitrogen and oxygen atoms in total. The van der Waals surface area contributed by atoms with E-state index in [0.29, 0.717) is 5.82 Å². The summed E-state index contributed by atoms with van der Waals surface area (Å²) < 4.78 is 38.7. The first kappa shape index (κ1) is 17.2. The topological polar surface area (TPSA) is 62.7 Å². The molecular weight excluding hydrogens is 307 g/mol. The third kappa shape index (κ3) is 4.67. The number of halogens is 3.